The molecule has 0 saturated carbocycles. The van der Waals surface area contributed by atoms with Gasteiger partial charge in [-0.2, -0.15) is 0 Å². The number of benzene rings is 3. The number of pyridine rings is 1. The Morgan fingerprint density at radius 3 is 2.31 bits per heavy atom. The Morgan fingerprint density at radius 1 is 0.956 bits per heavy atom. The van der Waals surface area contributed by atoms with Gasteiger partial charge in [-0.3, -0.25) is 15.1 Å². The van der Waals surface area contributed by atoms with Crippen molar-refractivity contribution < 1.29 is 14.5 Å². The molecule has 0 aliphatic carbocycles. The molecule has 2 aromatic heterocycles. The number of esters is 1. The number of ether oxygens (including phenoxy) is 1. The zero-order valence-electron chi connectivity index (χ0n) is 24.7. The second-order valence-electron chi connectivity index (χ2n) is 10.5. The van der Waals surface area contributed by atoms with Crippen LogP contribution in [0.1, 0.15) is 45.1 Å². The van der Waals surface area contributed by atoms with Gasteiger partial charge in [-0.1, -0.05) is 23.9 Å². The minimum Gasteiger partial charge on any atom is -0.465 e. The molecular formula is C34H29N5O4S2. The number of hydrogen-bond donors (Lipinski definition) is 1. The summed E-state index contributed by atoms with van der Waals surface area (Å²) in [5.41, 5.74) is 6.29. The molecule has 1 saturated heterocycles. The first-order valence-electron chi connectivity index (χ1n) is 14.2. The van der Waals surface area contributed by atoms with Crippen LogP contribution in [0.4, 0.5) is 11.4 Å². The molecule has 0 bridgehead atoms. The molecule has 2 unspecified atom stereocenters. The monoisotopic (exact) mass is 635 g/mol. The normalized spacial score (nSPS) is 16.0. The number of hydrogen-bond acceptors (Lipinski definition) is 7. The fourth-order valence-corrected chi connectivity index (χ4v) is 6.93. The zero-order valence-corrected chi connectivity index (χ0v) is 26.3. The highest BCUT2D eigenvalue weighted by atomic mass is 32.2. The topological polar surface area (TPSA) is 103 Å². The Bertz CT molecular complexity index is 1890. The molecule has 1 fully saturated rings. The molecule has 2 atom stereocenters. The molecule has 11 heteroatoms. The van der Waals surface area contributed by atoms with Crippen molar-refractivity contribution in [1.82, 2.24) is 14.9 Å². The smallest absolute Gasteiger partial charge is 0.337 e. The van der Waals surface area contributed by atoms with Crippen LogP contribution < -0.4 is 10.2 Å². The third kappa shape index (κ3) is 5.92. The molecule has 1 N–H and O–H groups in total. The predicted octanol–water partition coefficient (Wildman–Crippen LogP) is 7.51. The number of carbonyl (C=O) groups excluding carboxylic acids is 1. The summed E-state index contributed by atoms with van der Waals surface area (Å²) in [6.07, 6.45) is 1.78. The third-order valence-corrected chi connectivity index (χ3v) is 9.14. The highest BCUT2D eigenvalue weighted by Crippen LogP contribution is 2.44. The lowest BCUT2D eigenvalue weighted by molar-refractivity contribution is -0.384. The average molecular weight is 636 g/mol. The van der Waals surface area contributed by atoms with Gasteiger partial charge in [0.2, 0.25) is 0 Å². The van der Waals surface area contributed by atoms with Gasteiger partial charge in [0.05, 0.1) is 35.4 Å². The lowest BCUT2D eigenvalue weighted by Crippen LogP contribution is -2.29. The standard InChI is InChI=1S/C34H29N5O4S2/c1-21-19-29(22(2)37(21)26-8-6-7-23(20-26)33(40)43-3)32-31(30-9-4-5-18-35-30)36-34(44)38(32)24-10-14-27(15-11-24)45-28-16-12-25(13-17-28)39(41)42/h4-20,31-32H,1-3H3,(H,36,44). The van der Waals surface area contributed by atoms with Crippen LogP contribution in [0.5, 0.6) is 0 Å². The molecule has 3 heterocycles. The van der Waals surface area contributed by atoms with E-state index in [4.69, 9.17) is 17.0 Å². The van der Waals surface area contributed by atoms with Crippen molar-refractivity contribution in [1.29, 1.82) is 0 Å². The van der Waals surface area contributed by atoms with Gasteiger partial charge in [-0.15, -0.1) is 0 Å². The van der Waals surface area contributed by atoms with Crippen LogP contribution in [0.3, 0.4) is 0 Å². The molecule has 0 amide bonds. The van der Waals surface area contributed by atoms with Gasteiger partial charge in [0.25, 0.3) is 5.69 Å². The molecule has 226 valence electrons. The molecule has 0 spiro atoms. The van der Waals surface area contributed by atoms with Crippen LogP contribution in [-0.4, -0.2) is 32.7 Å². The van der Waals surface area contributed by atoms with E-state index in [0.717, 1.165) is 43.8 Å². The van der Waals surface area contributed by atoms with Crippen molar-refractivity contribution in [2.45, 2.75) is 35.7 Å². The summed E-state index contributed by atoms with van der Waals surface area (Å²) >= 11 is 7.48. The first-order valence-corrected chi connectivity index (χ1v) is 15.4. The van der Waals surface area contributed by atoms with E-state index >= 15 is 0 Å². The van der Waals surface area contributed by atoms with Gasteiger partial charge in [-0.05, 0) is 104 Å². The van der Waals surface area contributed by atoms with Crippen molar-refractivity contribution in [2.75, 3.05) is 12.0 Å². The van der Waals surface area contributed by atoms with E-state index in [9.17, 15) is 14.9 Å². The van der Waals surface area contributed by atoms with Gasteiger partial charge in [-0.25, -0.2) is 4.79 Å². The predicted molar refractivity (Wildman–Crippen MR) is 178 cm³/mol. The first-order chi connectivity index (χ1) is 21.7. The Morgan fingerprint density at radius 2 is 1.67 bits per heavy atom. The van der Waals surface area contributed by atoms with E-state index in [1.54, 1.807) is 24.4 Å². The summed E-state index contributed by atoms with van der Waals surface area (Å²) in [6.45, 7) is 4.12. The fraction of sp³-hybridized carbons (Fsp3) is 0.147. The fourth-order valence-electron chi connectivity index (χ4n) is 5.77. The van der Waals surface area contributed by atoms with Gasteiger partial charge < -0.3 is 19.5 Å². The molecule has 45 heavy (non-hydrogen) atoms. The summed E-state index contributed by atoms with van der Waals surface area (Å²) < 4.78 is 7.10. The Kier molecular flexibility index (Phi) is 8.38. The number of methoxy groups -OCH3 is 1. The SMILES string of the molecule is COC(=O)c1cccc(-n2c(C)cc(C3C(c4ccccn4)NC(=S)N3c3ccc(Sc4ccc([N+](=O)[O-])cc4)cc3)c2C)c1. The zero-order chi connectivity index (χ0) is 31.7. The van der Waals surface area contributed by atoms with E-state index in [2.05, 4.69) is 32.8 Å². The molecule has 6 rings (SSSR count). The van der Waals surface area contributed by atoms with Crippen molar-refractivity contribution >= 4 is 46.4 Å². The number of anilines is 1. The molecule has 0 radical (unpaired) electrons. The minimum absolute atomic E-state index is 0.0637. The summed E-state index contributed by atoms with van der Waals surface area (Å²) in [5.74, 6) is -0.388. The molecule has 1 aliphatic heterocycles. The van der Waals surface area contributed by atoms with E-state index in [1.807, 2.05) is 67.6 Å². The van der Waals surface area contributed by atoms with E-state index in [1.165, 1.54) is 31.0 Å². The number of nitro groups is 1. The number of aromatic nitrogens is 2. The minimum atomic E-state index is -0.401. The van der Waals surface area contributed by atoms with Crippen LogP contribution in [0.15, 0.2) is 113 Å². The number of carbonyl (C=O) groups is 1. The quantitative estimate of drug-likeness (QED) is 0.0803. The molecule has 1 aliphatic rings. The van der Waals surface area contributed by atoms with E-state index in [0.29, 0.717) is 10.7 Å². The Hall–Kier alpha value is -5.00. The maximum absolute atomic E-state index is 12.3. The van der Waals surface area contributed by atoms with Crippen LogP contribution >= 0.6 is 24.0 Å². The number of non-ortho nitro benzene ring substituents is 1. The van der Waals surface area contributed by atoms with Crippen molar-refractivity contribution in [2.24, 2.45) is 0 Å². The summed E-state index contributed by atoms with van der Waals surface area (Å²) in [7, 11) is 1.38. The van der Waals surface area contributed by atoms with Crippen molar-refractivity contribution in [3.05, 3.63) is 142 Å². The summed E-state index contributed by atoms with van der Waals surface area (Å²) in [5, 5.41) is 15.1. The number of thiocarbonyl (C=S) groups is 1. The van der Waals surface area contributed by atoms with Gasteiger partial charge in [0.15, 0.2) is 5.11 Å². The molecule has 3 aromatic carbocycles. The number of aryl methyl sites for hydroxylation is 1. The molecule has 9 nitrogen and oxygen atoms in total. The number of rotatable bonds is 8. The van der Waals surface area contributed by atoms with Crippen LogP contribution in [0.25, 0.3) is 5.69 Å². The van der Waals surface area contributed by atoms with E-state index in [-0.39, 0.29) is 23.7 Å². The second kappa shape index (κ2) is 12.5. The Balaban J connectivity index is 1.38. The maximum atomic E-state index is 12.3. The van der Waals surface area contributed by atoms with Crippen molar-refractivity contribution in [3.63, 3.8) is 0 Å². The Labute approximate surface area is 270 Å². The van der Waals surface area contributed by atoms with Crippen molar-refractivity contribution in [3.8, 4) is 5.69 Å². The van der Waals surface area contributed by atoms with E-state index < -0.39 is 4.92 Å². The molecule has 5 aromatic rings. The average Bonchev–Trinajstić information content (AvgIpc) is 3.56. The third-order valence-electron chi connectivity index (χ3n) is 7.81. The van der Waals surface area contributed by atoms with Gasteiger partial charge in [0, 0.05) is 50.9 Å². The van der Waals surface area contributed by atoms with Gasteiger partial charge >= 0.3 is 5.97 Å². The largest absolute Gasteiger partial charge is 0.465 e. The highest BCUT2D eigenvalue weighted by molar-refractivity contribution is 7.99. The number of nitrogens with zero attached hydrogens (tertiary/aromatic N) is 4. The second-order valence-corrected chi connectivity index (χ2v) is 12.1. The lowest BCUT2D eigenvalue weighted by Gasteiger charge is -2.28. The summed E-state index contributed by atoms with van der Waals surface area (Å²) in [6, 6.07) is 29.6. The van der Waals surface area contributed by atoms with Gasteiger partial charge in [0.1, 0.15) is 0 Å². The van der Waals surface area contributed by atoms with Crippen LogP contribution in [0, 0.1) is 24.0 Å². The maximum Gasteiger partial charge on any atom is 0.337 e. The van der Waals surface area contributed by atoms with Crippen LogP contribution in [-0.2, 0) is 4.74 Å². The van der Waals surface area contributed by atoms with Crippen LogP contribution in [0.2, 0.25) is 0 Å². The number of nitrogens with one attached hydrogen (secondary N) is 1. The summed E-state index contributed by atoms with van der Waals surface area (Å²) in [4.78, 5) is 31.6. The molecular weight excluding hydrogens is 607 g/mol. The lowest BCUT2D eigenvalue weighted by atomic mass is 9.96. The number of nitro benzene ring substituents is 1. The highest BCUT2D eigenvalue weighted by Gasteiger charge is 2.42. The first kappa shape index (κ1) is 30.0.